The maximum absolute atomic E-state index is 5.62. The number of aryl methyl sites for hydroxylation is 1. The van der Waals surface area contributed by atoms with Crippen molar-refractivity contribution in [1.82, 2.24) is 19.6 Å². The summed E-state index contributed by atoms with van der Waals surface area (Å²) >= 11 is 0. The molecule has 0 atom stereocenters. The third-order valence-electron chi connectivity index (χ3n) is 6.71. The second-order valence-electron chi connectivity index (χ2n) is 8.84. The van der Waals surface area contributed by atoms with Crippen LogP contribution in [0.3, 0.4) is 0 Å². The molecule has 2 aromatic carbocycles. The zero-order chi connectivity index (χ0) is 25.2. The molecule has 2 heterocycles. The van der Waals surface area contributed by atoms with Crippen molar-refractivity contribution in [2.45, 2.75) is 38.5 Å². The minimum Gasteiger partial charge on any atom is -0.497 e. The van der Waals surface area contributed by atoms with Gasteiger partial charge in [-0.05, 0) is 50.1 Å². The number of hydrogen-bond donors (Lipinski definition) is 1. The zero-order valence-electron chi connectivity index (χ0n) is 21.3. The Morgan fingerprint density at radius 2 is 1.58 bits per heavy atom. The topological polar surface area (TPSA) is 92.0 Å². The number of nitrogens with zero attached hydrogens (tertiary/aromatic N) is 4. The first kappa shape index (κ1) is 23.7. The van der Waals surface area contributed by atoms with Gasteiger partial charge in [0.05, 0.1) is 39.8 Å². The number of hydrogen-bond acceptors (Lipinski definition) is 8. The Bertz CT molecular complexity index is 1390. The summed E-state index contributed by atoms with van der Waals surface area (Å²) in [4.78, 5) is 9.91. The van der Waals surface area contributed by atoms with Crippen LogP contribution in [0.15, 0.2) is 36.4 Å². The van der Waals surface area contributed by atoms with Crippen LogP contribution in [-0.4, -0.2) is 48.0 Å². The van der Waals surface area contributed by atoms with Gasteiger partial charge < -0.3 is 24.3 Å². The molecule has 1 fully saturated rings. The van der Waals surface area contributed by atoms with Crippen molar-refractivity contribution in [3.63, 3.8) is 0 Å². The molecule has 0 unspecified atom stereocenters. The average molecular weight is 490 g/mol. The molecule has 0 saturated heterocycles. The number of aromatic nitrogens is 4. The van der Waals surface area contributed by atoms with E-state index in [0.717, 1.165) is 41.1 Å². The maximum Gasteiger partial charge on any atom is 0.182 e. The van der Waals surface area contributed by atoms with Crippen LogP contribution in [0.25, 0.3) is 16.9 Å². The highest BCUT2D eigenvalue weighted by atomic mass is 16.5. The van der Waals surface area contributed by atoms with E-state index in [1.807, 2.05) is 47.8 Å². The summed E-state index contributed by atoms with van der Waals surface area (Å²) in [5.41, 5.74) is 3.30. The van der Waals surface area contributed by atoms with Gasteiger partial charge in [0.15, 0.2) is 23.1 Å². The molecule has 0 amide bonds. The van der Waals surface area contributed by atoms with E-state index in [2.05, 4.69) is 5.32 Å². The minimum absolute atomic E-state index is 0.378. The van der Waals surface area contributed by atoms with Crippen molar-refractivity contribution in [2.24, 2.45) is 0 Å². The van der Waals surface area contributed by atoms with Crippen LogP contribution in [0.2, 0.25) is 0 Å². The Balaban J connectivity index is 1.69. The molecule has 9 nitrogen and oxygen atoms in total. The predicted octanol–water partition coefficient (Wildman–Crippen LogP) is 5.54. The lowest BCUT2D eigenvalue weighted by Crippen LogP contribution is -2.09. The van der Waals surface area contributed by atoms with Gasteiger partial charge in [0, 0.05) is 17.5 Å². The van der Waals surface area contributed by atoms with E-state index in [9.17, 15) is 0 Å². The van der Waals surface area contributed by atoms with E-state index in [-0.39, 0.29) is 0 Å². The maximum atomic E-state index is 5.62. The van der Waals surface area contributed by atoms with E-state index in [0.29, 0.717) is 40.6 Å². The Morgan fingerprint density at radius 1 is 0.833 bits per heavy atom. The average Bonchev–Trinajstić information content (AvgIpc) is 3.56. The van der Waals surface area contributed by atoms with Gasteiger partial charge in [-0.1, -0.05) is 12.8 Å². The molecule has 2 aromatic heterocycles. The van der Waals surface area contributed by atoms with Gasteiger partial charge in [-0.3, -0.25) is 0 Å². The van der Waals surface area contributed by atoms with Crippen LogP contribution in [0.5, 0.6) is 23.0 Å². The molecule has 4 aromatic rings. The molecule has 5 rings (SSSR count). The fourth-order valence-electron chi connectivity index (χ4n) is 4.85. The van der Waals surface area contributed by atoms with Crippen LogP contribution in [0, 0.1) is 6.92 Å². The van der Waals surface area contributed by atoms with Crippen LogP contribution in [-0.2, 0) is 0 Å². The molecule has 0 spiro atoms. The van der Waals surface area contributed by atoms with Crippen molar-refractivity contribution in [1.29, 1.82) is 0 Å². The first-order chi connectivity index (χ1) is 17.6. The van der Waals surface area contributed by atoms with E-state index in [1.54, 1.807) is 28.4 Å². The summed E-state index contributed by atoms with van der Waals surface area (Å²) in [5, 5.41) is 8.44. The predicted molar refractivity (Wildman–Crippen MR) is 138 cm³/mol. The molecule has 0 bridgehead atoms. The zero-order valence-corrected chi connectivity index (χ0v) is 21.3. The first-order valence-corrected chi connectivity index (χ1v) is 12.0. The van der Waals surface area contributed by atoms with Gasteiger partial charge in [0.2, 0.25) is 0 Å². The number of benzene rings is 2. The summed E-state index contributed by atoms with van der Waals surface area (Å²) in [6.45, 7) is 2.00. The lowest BCUT2D eigenvalue weighted by molar-refractivity contribution is 0.355. The molecule has 1 aliphatic rings. The third-order valence-corrected chi connectivity index (χ3v) is 6.71. The van der Waals surface area contributed by atoms with Gasteiger partial charge in [0.25, 0.3) is 0 Å². The van der Waals surface area contributed by atoms with Crippen LogP contribution >= 0.6 is 0 Å². The number of fused-ring (bicyclic) bond motifs is 1. The van der Waals surface area contributed by atoms with E-state index in [1.165, 1.54) is 12.8 Å². The van der Waals surface area contributed by atoms with Gasteiger partial charge in [-0.2, -0.15) is 0 Å². The van der Waals surface area contributed by atoms with Crippen molar-refractivity contribution >= 4 is 17.0 Å². The summed E-state index contributed by atoms with van der Waals surface area (Å²) in [6.07, 6.45) is 4.65. The standard InChI is InChI=1S/C27H31N5O4/c1-16-24-26(29-20-12-11-19(33-2)15-22(20)35-4)30-25(18-10-13-21(34-3)23(14-18)36-5)31-32(24)27(28-16)17-8-6-7-9-17/h10-15,17H,6-9H2,1-5H3,(H,29,30,31). The third kappa shape index (κ3) is 4.25. The Hall–Kier alpha value is -4.01. The molecular weight excluding hydrogens is 458 g/mol. The molecule has 36 heavy (non-hydrogen) atoms. The Kier molecular flexibility index (Phi) is 6.54. The lowest BCUT2D eigenvalue weighted by atomic mass is 10.1. The molecule has 1 saturated carbocycles. The molecule has 0 radical (unpaired) electrons. The van der Waals surface area contributed by atoms with E-state index >= 15 is 0 Å². The molecular formula is C27H31N5O4. The fourth-order valence-corrected chi connectivity index (χ4v) is 4.85. The minimum atomic E-state index is 0.378. The largest absolute Gasteiger partial charge is 0.497 e. The van der Waals surface area contributed by atoms with Crippen LogP contribution in [0.4, 0.5) is 11.5 Å². The van der Waals surface area contributed by atoms with Crippen LogP contribution in [0.1, 0.15) is 43.1 Å². The van der Waals surface area contributed by atoms with Gasteiger partial charge in [-0.25, -0.2) is 14.5 Å². The van der Waals surface area contributed by atoms with Crippen molar-refractivity contribution < 1.29 is 18.9 Å². The van der Waals surface area contributed by atoms with E-state index < -0.39 is 0 Å². The summed E-state index contributed by atoms with van der Waals surface area (Å²) in [7, 11) is 6.50. The highest BCUT2D eigenvalue weighted by molar-refractivity contribution is 5.79. The highest BCUT2D eigenvalue weighted by Gasteiger charge is 2.26. The number of rotatable bonds is 8. The molecule has 1 N–H and O–H groups in total. The number of ether oxygens (including phenoxy) is 4. The Morgan fingerprint density at radius 3 is 2.28 bits per heavy atom. The number of methoxy groups -OCH3 is 4. The van der Waals surface area contributed by atoms with Crippen LogP contribution < -0.4 is 24.3 Å². The highest BCUT2D eigenvalue weighted by Crippen LogP contribution is 2.38. The fraction of sp³-hybridized carbons (Fsp3) is 0.370. The van der Waals surface area contributed by atoms with Gasteiger partial charge >= 0.3 is 0 Å². The summed E-state index contributed by atoms with van der Waals surface area (Å²) < 4.78 is 23.9. The monoisotopic (exact) mass is 489 g/mol. The quantitative estimate of drug-likeness (QED) is 0.345. The first-order valence-electron chi connectivity index (χ1n) is 12.0. The number of imidazole rings is 1. The Labute approximate surface area is 210 Å². The summed E-state index contributed by atoms with van der Waals surface area (Å²) in [5.74, 6) is 5.17. The van der Waals surface area contributed by atoms with Crippen molar-refractivity contribution in [3.8, 4) is 34.4 Å². The molecule has 0 aliphatic heterocycles. The second-order valence-corrected chi connectivity index (χ2v) is 8.84. The van der Waals surface area contributed by atoms with Gasteiger partial charge in [-0.15, -0.1) is 5.10 Å². The molecule has 1 aliphatic carbocycles. The number of nitrogens with one attached hydrogen (secondary N) is 1. The SMILES string of the molecule is COc1ccc(Nc2nc(-c3ccc(OC)c(OC)c3)nn3c(C4CCCC4)nc(C)c23)c(OC)c1. The van der Waals surface area contributed by atoms with E-state index in [4.69, 9.17) is 34.0 Å². The number of anilines is 2. The molecule has 188 valence electrons. The summed E-state index contributed by atoms with van der Waals surface area (Å²) in [6, 6.07) is 11.3. The van der Waals surface area contributed by atoms with Crippen molar-refractivity contribution in [3.05, 3.63) is 47.9 Å². The second kappa shape index (κ2) is 9.93. The lowest BCUT2D eigenvalue weighted by Gasteiger charge is -2.15. The molecule has 9 heteroatoms. The normalized spacial score (nSPS) is 13.7. The van der Waals surface area contributed by atoms with Crippen molar-refractivity contribution in [2.75, 3.05) is 33.8 Å². The van der Waals surface area contributed by atoms with Gasteiger partial charge in [0.1, 0.15) is 22.8 Å². The smallest absolute Gasteiger partial charge is 0.182 e.